The third-order valence-corrected chi connectivity index (χ3v) is 1.82. The molecule has 0 atom stereocenters. The number of aromatic nitrogens is 4. The van der Waals surface area contributed by atoms with Crippen molar-refractivity contribution in [2.45, 2.75) is 13.5 Å². The van der Waals surface area contributed by atoms with E-state index in [0.717, 1.165) is 11.4 Å². The molecule has 72 valence electrons. The van der Waals surface area contributed by atoms with Crippen LogP contribution in [0, 0.1) is 6.92 Å². The lowest BCUT2D eigenvalue weighted by molar-refractivity contribution is 0.806. The quantitative estimate of drug-likeness (QED) is 0.743. The van der Waals surface area contributed by atoms with Crippen molar-refractivity contribution in [2.75, 3.05) is 0 Å². The van der Waals surface area contributed by atoms with Crippen molar-refractivity contribution < 1.29 is 0 Å². The van der Waals surface area contributed by atoms with Crippen LogP contribution >= 0.6 is 0 Å². The van der Waals surface area contributed by atoms with Gasteiger partial charge in [0.1, 0.15) is 5.82 Å². The topological polar surface area (TPSA) is 69.6 Å². The van der Waals surface area contributed by atoms with Crippen molar-refractivity contribution in [2.24, 2.45) is 5.73 Å². The Morgan fingerprint density at radius 1 is 1.50 bits per heavy atom. The van der Waals surface area contributed by atoms with Crippen LogP contribution in [0.15, 0.2) is 24.7 Å². The van der Waals surface area contributed by atoms with E-state index in [0.29, 0.717) is 12.4 Å². The lowest BCUT2D eigenvalue weighted by atomic mass is 10.4. The molecule has 0 aliphatic rings. The molecule has 5 heteroatoms. The second-order valence-electron chi connectivity index (χ2n) is 3.00. The number of nitrogens with two attached hydrogens (primary N) is 1. The minimum atomic E-state index is 0.341. The van der Waals surface area contributed by atoms with Crippen LogP contribution < -0.4 is 5.73 Å². The Labute approximate surface area is 81.6 Å². The summed E-state index contributed by atoms with van der Waals surface area (Å²) in [5, 5.41) is 4.15. The lowest BCUT2D eigenvalue weighted by Crippen LogP contribution is -2.06. The predicted molar refractivity (Wildman–Crippen MR) is 51.8 cm³/mol. The summed E-state index contributed by atoms with van der Waals surface area (Å²) in [7, 11) is 0. The molecule has 2 aromatic heterocycles. The number of hydrogen-bond acceptors (Lipinski definition) is 4. The number of aryl methyl sites for hydroxylation is 1. The van der Waals surface area contributed by atoms with Gasteiger partial charge in [0.2, 0.25) is 0 Å². The summed E-state index contributed by atoms with van der Waals surface area (Å²) in [6.45, 7) is 2.32. The van der Waals surface area contributed by atoms with Crippen LogP contribution in [0.3, 0.4) is 0 Å². The third-order valence-electron chi connectivity index (χ3n) is 1.82. The Morgan fingerprint density at radius 3 is 3.00 bits per heavy atom. The van der Waals surface area contributed by atoms with Gasteiger partial charge in [-0.1, -0.05) is 0 Å². The van der Waals surface area contributed by atoms with Crippen molar-refractivity contribution in [3.05, 3.63) is 36.0 Å². The van der Waals surface area contributed by atoms with Gasteiger partial charge in [-0.2, -0.15) is 5.10 Å². The second kappa shape index (κ2) is 3.55. The van der Waals surface area contributed by atoms with Crippen LogP contribution in [0.25, 0.3) is 5.82 Å². The maximum absolute atomic E-state index is 5.45. The fourth-order valence-electron chi connectivity index (χ4n) is 1.15. The molecule has 2 heterocycles. The van der Waals surface area contributed by atoms with Gasteiger partial charge in [-0.15, -0.1) is 0 Å². The Hall–Kier alpha value is -1.75. The molecule has 0 saturated heterocycles. The van der Waals surface area contributed by atoms with E-state index >= 15 is 0 Å². The fourth-order valence-corrected chi connectivity index (χ4v) is 1.15. The summed E-state index contributed by atoms with van der Waals surface area (Å²) in [4.78, 5) is 8.25. The van der Waals surface area contributed by atoms with Crippen LogP contribution in [0.2, 0.25) is 0 Å². The van der Waals surface area contributed by atoms with E-state index in [2.05, 4.69) is 15.1 Å². The van der Waals surface area contributed by atoms with Crippen molar-refractivity contribution >= 4 is 0 Å². The number of hydrogen-bond donors (Lipinski definition) is 1. The highest BCUT2D eigenvalue weighted by Crippen LogP contribution is 2.03. The average Bonchev–Trinajstić information content (AvgIpc) is 2.65. The van der Waals surface area contributed by atoms with Gasteiger partial charge in [-0.05, 0) is 12.5 Å². The molecule has 0 saturated carbocycles. The summed E-state index contributed by atoms with van der Waals surface area (Å²) in [6.07, 6.45) is 5.37. The van der Waals surface area contributed by atoms with E-state index in [1.807, 2.05) is 13.1 Å². The van der Waals surface area contributed by atoms with Gasteiger partial charge in [-0.3, -0.25) is 0 Å². The van der Waals surface area contributed by atoms with Gasteiger partial charge in [0.15, 0.2) is 5.82 Å². The Kier molecular flexibility index (Phi) is 2.24. The molecule has 14 heavy (non-hydrogen) atoms. The highest BCUT2D eigenvalue weighted by Gasteiger charge is 2.00. The molecular weight excluding hydrogens is 178 g/mol. The van der Waals surface area contributed by atoms with E-state index in [1.165, 1.54) is 0 Å². The SMILES string of the molecule is Cc1cnn(-c2ccnc(CN)n2)c1. The maximum Gasteiger partial charge on any atom is 0.157 e. The first-order valence-electron chi connectivity index (χ1n) is 4.33. The first-order chi connectivity index (χ1) is 6.79. The molecule has 0 aliphatic carbocycles. The summed E-state index contributed by atoms with van der Waals surface area (Å²) in [5.41, 5.74) is 6.54. The molecule has 0 bridgehead atoms. The molecule has 0 aromatic carbocycles. The van der Waals surface area contributed by atoms with Crippen LogP contribution in [-0.2, 0) is 6.54 Å². The first kappa shape index (κ1) is 8.83. The van der Waals surface area contributed by atoms with Gasteiger partial charge in [0, 0.05) is 18.5 Å². The third kappa shape index (κ3) is 1.62. The van der Waals surface area contributed by atoms with Gasteiger partial charge < -0.3 is 5.73 Å². The molecule has 2 N–H and O–H groups in total. The summed E-state index contributed by atoms with van der Waals surface area (Å²) in [6, 6.07) is 1.80. The highest BCUT2D eigenvalue weighted by molar-refractivity contribution is 5.21. The molecular formula is C9H11N5. The van der Waals surface area contributed by atoms with E-state index in [9.17, 15) is 0 Å². The van der Waals surface area contributed by atoms with E-state index in [1.54, 1.807) is 23.1 Å². The normalized spacial score (nSPS) is 10.4. The van der Waals surface area contributed by atoms with Crippen LogP contribution in [0.1, 0.15) is 11.4 Å². The monoisotopic (exact) mass is 189 g/mol. The molecule has 0 amide bonds. The van der Waals surface area contributed by atoms with Crippen molar-refractivity contribution in [1.29, 1.82) is 0 Å². The van der Waals surface area contributed by atoms with Crippen molar-refractivity contribution in [3.63, 3.8) is 0 Å². The zero-order valence-electron chi connectivity index (χ0n) is 7.88. The first-order valence-corrected chi connectivity index (χ1v) is 4.33. The van der Waals surface area contributed by atoms with E-state index in [4.69, 9.17) is 5.73 Å². The predicted octanol–water partition coefficient (Wildman–Crippen LogP) is 0.429. The summed E-state index contributed by atoms with van der Waals surface area (Å²) < 4.78 is 1.70. The molecule has 0 radical (unpaired) electrons. The molecule has 0 spiro atoms. The summed E-state index contributed by atoms with van der Waals surface area (Å²) in [5.74, 6) is 1.37. The molecule has 2 aromatic rings. The van der Waals surface area contributed by atoms with Gasteiger partial charge in [-0.25, -0.2) is 14.6 Å². The zero-order valence-corrected chi connectivity index (χ0v) is 7.88. The molecule has 2 rings (SSSR count). The molecule has 5 nitrogen and oxygen atoms in total. The molecule has 0 aliphatic heterocycles. The average molecular weight is 189 g/mol. The fraction of sp³-hybridized carbons (Fsp3) is 0.222. The summed E-state index contributed by atoms with van der Waals surface area (Å²) >= 11 is 0. The standard InChI is InChI=1S/C9H11N5/c1-7-5-12-14(6-7)9-2-3-11-8(4-10)13-9/h2-3,5-6H,4,10H2,1H3. The maximum atomic E-state index is 5.45. The van der Waals surface area contributed by atoms with Crippen molar-refractivity contribution in [1.82, 2.24) is 19.7 Å². The van der Waals surface area contributed by atoms with Crippen LogP contribution in [-0.4, -0.2) is 19.7 Å². The van der Waals surface area contributed by atoms with Gasteiger partial charge in [0.25, 0.3) is 0 Å². The van der Waals surface area contributed by atoms with E-state index in [-0.39, 0.29) is 0 Å². The van der Waals surface area contributed by atoms with Crippen LogP contribution in [0.4, 0.5) is 0 Å². The van der Waals surface area contributed by atoms with Crippen LogP contribution in [0.5, 0.6) is 0 Å². The Bertz CT molecular complexity index is 434. The minimum Gasteiger partial charge on any atom is -0.324 e. The lowest BCUT2D eigenvalue weighted by Gasteiger charge is -2.00. The highest BCUT2D eigenvalue weighted by atomic mass is 15.3. The van der Waals surface area contributed by atoms with Gasteiger partial charge >= 0.3 is 0 Å². The largest absolute Gasteiger partial charge is 0.324 e. The minimum absolute atomic E-state index is 0.341. The number of nitrogens with zero attached hydrogens (tertiary/aromatic N) is 4. The zero-order chi connectivity index (χ0) is 9.97. The Balaban J connectivity index is 2.41. The van der Waals surface area contributed by atoms with Gasteiger partial charge in [0.05, 0.1) is 12.7 Å². The number of rotatable bonds is 2. The molecule has 0 unspecified atom stereocenters. The Morgan fingerprint density at radius 2 is 2.36 bits per heavy atom. The van der Waals surface area contributed by atoms with Crippen molar-refractivity contribution in [3.8, 4) is 5.82 Å². The van der Waals surface area contributed by atoms with E-state index < -0.39 is 0 Å². The second-order valence-corrected chi connectivity index (χ2v) is 3.00. The molecule has 0 fully saturated rings. The smallest absolute Gasteiger partial charge is 0.157 e.